The zero-order valence-corrected chi connectivity index (χ0v) is 38.1. The van der Waals surface area contributed by atoms with Crippen LogP contribution in [0.1, 0.15) is 181 Å². The number of piperidine rings is 2. The molecule has 0 spiro atoms. The van der Waals surface area contributed by atoms with Gasteiger partial charge in [-0.1, -0.05) is 77.6 Å². The fourth-order valence-electron chi connectivity index (χ4n) is 10.7. The van der Waals surface area contributed by atoms with Crippen LogP contribution >= 0.6 is 0 Å². The number of nitrogens with one attached hydrogen (secondary N) is 2. The molecule has 0 aromatic heterocycles. The molecule has 10 heteroatoms. The van der Waals surface area contributed by atoms with Crippen molar-refractivity contribution in [3.63, 3.8) is 0 Å². The van der Waals surface area contributed by atoms with Gasteiger partial charge in [-0.3, -0.25) is 19.4 Å². The van der Waals surface area contributed by atoms with Gasteiger partial charge in [0.25, 0.3) is 11.8 Å². The summed E-state index contributed by atoms with van der Waals surface area (Å²) in [5.74, 6) is -1.62. The molecule has 2 aliphatic rings. The third-order valence-corrected chi connectivity index (χ3v) is 12.7. The Bertz CT molecular complexity index is 1600. The van der Waals surface area contributed by atoms with Crippen LogP contribution in [0.25, 0.3) is 10.8 Å². The predicted molar refractivity (Wildman–Crippen MR) is 234 cm³/mol. The topological polar surface area (TPSA) is 117 Å². The van der Waals surface area contributed by atoms with Gasteiger partial charge in [0, 0.05) is 33.3 Å². The van der Waals surface area contributed by atoms with E-state index in [0.29, 0.717) is 60.8 Å². The van der Waals surface area contributed by atoms with E-state index >= 15 is 0 Å². The lowest BCUT2D eigenvalue weighted by Gasteiger charge is -2.58. The van der Waals surface area contributed by atoms with Crippen molar-refractivity contribution in [3.8, 4) is 0 Å². The average molecular weight is 805 g/mol. The first-order valence-electron chi connectivity index (χ1n) is 22.2. The molecule has 0 saturated carbocycles. The van der Waals surface area contributed by atoms with Crippen LogP contribution in [0.3, 0.4) is 0 Å². The fraction of sp³-hybridized carbons (Fsp3) is 0.708. The number of fused-ring (bicyclic) bond motifs is 1. The van der Waals surface area contributed by atoms with Gasteiger partial charge in [0.1, 0.15) is 11.1 Å². The molecule has 2 N–H and O–H groups in total. The van der Waals surface area contributed by atoms with Crippen molar-refractivity contribution in [1.82, 2.24) is 20.4 Å². The maximum Gasteiger partial charge on any atom is 0.332 e. The molecule has 2 fully saturated rings. The summed E-state index contributed by atoms with van der Waals surface area (Å²) in [5, 5.41) is 7.65. The molecule has 2 amide bonds. The van der Waals surface area contributed by atoms with Gasteiger partial charge in [-0.2, -0.15) is 0 Å². The highest BCUT2D eigenvalue weighted by Gasteiger charge is 2.58. The number of unbranched alkanes of at least 4 members (excludes halogenated alkanes) is 4. The monoisotopic (exact) mass is 805 g/mol. The molecule has 0 aliphatic carbocycles. The Morgan fingerprint density at radius 2 is 0.828 bits per heavy atom. The van der Waals surface area contributed by atoms with Gasteiger partial charge in [-0.15, -0.1) is 0 Å². The van der Waals surface area contributed by atoms with Crippen LogP contribution in [0.2, 0.25) is 0 Å². The van der Waals surface area contributed by atoms with Crippen LogP contribution in [0.4, 0.5) is 0 Å². The van der Waals surface area contributed by atoms with Crippen LogP contribution in [0, 0.1) is 0 Å². The molecule has 0 unspecified atom stereocenters. The molecule has 0 bridgehead atoms. The van der Waals surface area contributed by atoms with Crippen molar-refractivity contribution in [1.29, 1.82) is 0 Å². The van der Waals surface area contributed by atoms with E-state index in [0.717, 1.165) is 64.5 Å². The van der Waals surface area contributed by atoms with E-state index in [4.69, 9.17) is 9.47 Å². The first kappa shape index (κ1) is 47.2. The number of hydrogen-bond acceptors (Lipinski definition) is 8. The van der Waals surface area contributed by atoms with Crippen molar-refractivity contribution >= 4 is 34.5 Å². The van der Waals surface area contributed by atoms with E-state index in [1.165, 1.54) is 0 Å². The summed E-state index contributed by atoms with van der Waals surface area (Å²) in [6.07, 6.45) is 8.99. The van der Waals surface area contributed by atoms with Crippen molar-refractivity contribution < 1.29 is 28.7 Å². The molecule has 4 rings (SSSR count). The maximum atomic E-state index is 14.7. The lowest BCUT2D eigenvalue weighted by Crippen LogP contribution is -2.72. The molecular weight excluding hydrogens is 729 g/mol. The van der Waals surface area contributed by atoms with E-state index < -0.39 is 57.0 Å². The number of ether oxygens (including phenoxy) is 2. The van der Waals surface area contributed by atoms with E-state index in [1.54, 1.807) is 24.3 Å². The molecule has 2 heterocycles. The molecule has 2 saturated heterocycles. The van der Waals surface area contributed by atoms with Crippen molar-refractivity contribution in [2.75, 3.05) is 26.3 Å². The van der Waals surface area contributed by atoms with E-state index in [2.05, 4.69) is 104 Å². The Balaban J connectivity index is 1.74. The number of nitrogens with zero attached hydrogens (tertiary/aromatic N) is 2. The third kappa shape index (κ3) is 10.3. The molecule has 0 radical (unpaired) electrons. The second kappa shape index (κ2) is 18.8. The smallest absolute Gasteiger partial charge is 0.332 e. The zero-order chi connectivity index (χ0) is 43.2. The van der Waals surface area contributed by atoms with Gasteiger partial charge < -0.3 is 20.1 Å². The number of amides is 2. The number of rotatable bonds is 18. The van der Waals surface area contributed by atoms with Gasteiger partial charge >= 0.3 is 11.9 Å². The number of hydrogen-bond donors (Lipinski definition) is 2. The molecule has 2 aliphatic heterocycles. The van der Waals surface area contributed by atoms with Gasteiger partial charge in [-0.25, -0.2) is 9.59 Å². The summed E-state index contributed by atoms with van der Waals surface area (Å²) in [4.78, 5) is 62.7. The molecule has 58 heavy (non-hydrogen) atoms. The van der Waals surface area contributed by atoms with E-state index in [1.807, 2.05) is 12.1 Å². The SMILES string of the molecule is CCCCOC(=O)C1(NC(=O)c2cccc3c(C(=O)NC4(C(=O)OCCCC)CC(C)(C)N(CCCC)C(C)(C)C4)cccc23)CC(C)(C)N(CCCC)C(C)(C)C1. The van der Waals surface area contributed by atoms with Gasteiger partial charge in [0.2, 0.25) is 0 Å². The summed E-state index contributed by atoms with van der Waals surface area (Å²) in [6.45, 7) is 28.0. The molecule has 324 valence electrons. The first-order chi connectivity index (χ1) is 27.2. The Labute approximate surface area is 349 Å². The second-order valence-corrected chi connectivity index (χ2v) is 19.7. The number of carbonyl (C=O) groups excluding carboxylic acids is 4. The molecule has 2 aromatic carbocycles. The van der Waals surface area contributed by atoms with Gasteiger partial charge in [0.05, 0.1) is 13.2 Å². The van der Waals surface area contributed by atoms with Gasteiger partial charge in [-0.05, 0) is 143 Å². The van der Waals surface area contributed by atoms with Crippen LogP contribution in [0.5, 0.6) is 0 Å². The van der Waals surface area contributed by atoms with Crippen LogP contribution in [-0.2, 0) is 19.1 Å². The molecular formula is C48H76N4O6. The minimum atomic E-state index is -1.27. The quantitative estimate of drug-likeness (QED) is 0.113. The zero-order valence-electron chi connectivity index (χ0n) is 38.1. The Kier molecular flexibility index (Phi) is 15.3. The van der Waals surface area contributed by atoms with Crippen LogP contribution in [-0.4, -0.2) is 93.1 Å². The molecule has 0 atom stereocenters. The average Bonchev–Trinajstić information content (AvgIpc) is 3.12. The first-order valence-corrected chi connectivity index (χ1v) is 22.2. The number of benzene rings is 2. The van der Waals surface area contributed by atoms with E-state index in [-0.39, 0.29) is 0 Å². The minimum Gasteiger partial charge on any atom is -0.464 e. The largest absolute Gasteiger partial charge is 0.464 e. The van der Waals surface area contributed by atoms with Crippen LogP contribution in [0.15, 0.2) is 36.4 Å². The highest BCUT2D eigenvalue weighted by Crippen LogP contribution is 2.46. The Morgan fingerprint density at radius 1 is 0.517 bits per heavy atom. The molecule has 10 nitrogen and oxygen atoms in total. The number of esters is 2. The second-order valence-electron chi connectivity index (χ2n) is 19.7. The summed E-state index contributed by atoms with van der Waals surface area (Å²) >= 11 is 0. The highest BCUT2D eigenvalue weighted by molar-refractivity contribution is 6.14. The Hall–Kier alpha value is -3.50. The lowest BCUT2D eigenvalue weighted by molar-refractivity contribution is -0.162. The van der Waals surface area contributed by atoms with Crippen molar-refractivity contribution in [2.45, 2.75) is 193 Å². The molecule has 2 aromatic rings. The minimum absolute atomic E-state index is 0.291. The predicted octanol–water partition coefficient (Wildman–Crippen LogP) is 9.37. The lowest BCUT2D eigenvalue weighted by atomic mass is 9.68. The van der Waals surface area contributed by atoms with Crippen molar-refractivity contribution in [2.24, 2.45) is 0 Å². The summed E-state index contributed by atoms with van der Waals surface area (Å²) in [5.41, 5.74) is -3.49. The highest BCUT2D eigenvalue weighted by atomic mass is 16.5. The standard InChI is InChI=1S/C48H76N4O6/c1-13-17-27-51-43(5,6)31-47(32-44(51,7)8,41(55)57-29-19-15-3)49-39(53)37-25-21-24-36-35(37)23-22-26-38(36)40(54)50-48(42(56)58-30-20-16-4)33-45(9,10)52(28-18-14-2)46(11,12)34-48/h21-26H,13-20,27-34H2,1-12H3,(H,49,53)(H,50,54). The fourth-order valence-corrected chi connectivity index (χ4v) is 10.7. The summed E-state index contributed by atoms with van der Waals surface area (Å²) < 4.78 is 11.8. The summed E-state index contributed by atoms with van der Waals surface area (Å²) in [7, 11) is 0. The third-order valence-electron chi connectivity index (χ3n) is 12.7. The van der Waals surface area contributed by atoms with Crippen molar-refractivity contribution in [3.05, 3.63) is 47.5 Å². The maximum absolute atomic E-state index is 14.7. The number of likely N-dealkylation sites (tertiary alicyclic amines) is 2. The van der Waals surface area contributed by atoms with E-state index in [9.17, 15) is 19.2 Å². The van der Waals surface area contributed by atoms with Crippen LogP contribution < -0.4 is 10.6 Å². The van der Waals surface area contributed by atoms with Gasteiger partial charge in [0.15, 0.2) is 0 Å². The number of carbonyl (C=O) groups is 4. The summed E-state index contributed by atoms with van der Waals surface area (Å²) in [6, 6.07) is 10.7. The Morgan fingerprint density at radius 3 is 1.12 bits per heavy atom. The normalized spacial score (nSPS) is 20.6.